The van der Waals surface area contributed by atoms with Crippen LogP contribution in [0.25, 0.3) is 10.9 Å². The Bertz CT molecular complexity index is 753. The SMILES string of the molecule is O=C(Nc1cccc(Br)n1)c1ccc2cn[nH]c2c1. The lowest BCUT2D eigenvalue weighted by atomic mass is 10.1. The first-order chi connectivity index (χ1) is 9.22. The lowest BCUT2D eigenvalue weighted by molar-refractivity contribution is 0.102. The van der Waals surface area contributed by atoms with Crippen LogP contribution in [0.15, 0.2) is 47.2 Å². The lowest BCUT2D eigenvalue weighted by Gasteiger charge is -2.04. The number of fused-ring (bicyclic) bond motifs is 1. The predicted octanol–water partition coefficient (Wildman–Crippen LogP) is 2.97. The largest absolute Gasteiger partial charge is 0.307 e. The summed E-state index contributed by atoms with van der Waals surface area (Å²) in [6.45, 7) is 0. The van der Waals surface area contributed by atoms with E-state index in [-0.39, 0.29) is 5.91 Å². The van der Waals surface area contributed by atoms with Gasteiger partial charge in [-0.15, -0.1) is 0 Å². The van der Waals surface area contributed by atoms with Gasteiger partial charge in [-0.05, 0) is 40.2 Å². The van der Waals surface area contributed by atoms with Gasteiger partial charge in [0, 0.05) is 10.9 Å². The molecule has 3 aromatic rings. The predicted molar refractivity (Wildman–Crippen MR) is 76.0 cm³/mol. The van der Waals surface area contributed by atoms with Gasteiger partial charge in [0.1, 0.15) is 10.4 Å². The van der Waals surface area contributed by atoms with E-state index in [2.05, 4.69) is 36.4 Å². The molecule has 19 heavy (non-hydrogen) atoms. The molecule has 5 nitrogen and oxygen atoms in total. The summed E-state index contributed by atoms with van der Waals surface area (Å²) in [7, 11) is 0. The molecule has 0 aliphatic rings. The topological polar surface area (TPSA) is 70.7 Å². The maximum absolute atomic E-state index is 12.1. The first-order valence-corrected chi connectivity index (χ1v) is 6.39. The Kier molecular flexibility index (Phi) is 3.00. The second-order valence-corrected chi connectivity index (χ2v) is 4.78. The quantitative estimate of drug-likeness (QED) is 0.714. The van der Waals surface area contributed by atoms with Gasteiger partial charge in [0.05, 0.1) is 11.7 Å². The molecule has 6 heteroatoms. The van der Waals surface area contributed by atoms with Crippen LogP contribution in [0.4, 0.5) is 5.82 Å². The number of hydrogen-bond acceptors (Lipinski definition) is 3. The van der Waals surface area contributed by atoms with Crippen LogP contribution >= 0.6 is 15.9 Å². The molecule has 0 saturated heterocycles. The van der Waals surface area contributed by atoms with Gasteiger partial charge >= 0.3 is 0 Å². The molecular formula is C13H9BrN4O. The Hall–Kier alpha value is -2.21. The summed E-state index contributed by atoms with van der Waals surface area (Å²) in [5.74, 6) is 0.297. The van der Waals surface area contributed by atoms with Crippen molar-refractivity contribution in [2.45, 2.75) is 0 Å². The van der Waals surface area contributed by atoms with Gasteiger partial charge in [-0.2, -0.15) is 5.10 Å². The minimum Gasteiger partial charge on any atom is -0.307 e. The number of nitrogens with zero attached hydrogens (tertiary/aromatic N) is 2. The standard InChI is InChI=1S/C13H9BrN4O/c14-11-2-1-3-12(16-11)17-13(19)8-4-5-9-7-15-18-10(9)6-8/h1-7H,(H,15,18)(H,16,17,19). The average Bonchev–Trinajstić information content (AvgIpc) is 2.85. The number of anilines is 1. The first-order valence-electron chi connectivity index (χ1n) is 5.59. The van der Waals surface area contributed by atoms with Crippen molar-refractivity contribution in [1.82, 2.24) is 15.2 Å². The molecule has 0 aliphatic carbocycles. The summed E-state index contributed by atoms with van der Waals surface area (Å²) in [4.78, 5) is 16.2. The normalized spacial score (nSPS) is 10.6. The Morgan fingerprint density at radius 1 is 1.26 bits per heavy atom. The molecule has 2 heterocycles. The summed E-state index contributed by atoms with van der Waals surface area (Å²) in [6, 6.07) is 10.7. The Morgan fingerprint density at radius 3 is 3.00 bits per heavy atom. The van der Waals surface area contributed by atoms with Crippen LogP contribution in [0, 0.1) is 0 Å². The number of pyridine rings is 1. The van der Waals surface area contributed by atoms with Crippen molar-refractivity contribution in [3.05, 3.63) is 52.8 Å². The van der Waals surface area contributed by atoms with E-state index < -0.39 is 0 Å². The van der Waals surface area contributed by atoms with E-state index in [1.54, 1.807) is 30.5 Å². The first kappa shape index (κ1) is 11.9. The van der Waals surface area contributed by atoms with Crippen molar-refractivity contribution in [3.8, 4) is 0 Å². The number of nitrogens with one attached hydrogen (secondary N) is 2. The molecule has 0 bridgehead atoms. The highest BCUT2D eigenvalue weighted by Crippen LogP contribution is 2.15. The second-order valence-electron chi connectivity index (χ2n) is 3.97. The average molecular weight is 317 g/mol. The minimum absolute atomic E-state index is 0.206. The van der Waals surface area contributed by atoms with E-state index in [0.717, 1.165) is 10.9 Å². The summed E-state index contributed by atoms with van der Waals surface area (Å²) in [5, 5.41) is 10.5. The van der Waals surface area contributed by atoms with E-state index >= 15 is 0 Å². The molecule has 0 spiro atoms. The van der Waals surface area contributed by atoms with Gasteiger partial charge in [0.2, 0.25) is 0 Å². The highest BCUT2D eigenvalue weighted by molar-refractivity contribution is 9.10. The molecule has 2 aromatic heterocycles. The lowest BCUT2D eigenvalue weighted by Crippen LogP contribution is -2.12. The number of benzene rings is 1. The van der Waals surface area contributed by atoms with Crippen molar-refractivity contribution in [1.29, 1.82) is 0 Å². The number of carbonyl (C=O) groups is 1. The smallest absolute Gasteiger partial charge is 0.256 e. The summed E-state index contributed by atoms with van der Waals surface area (Å²) in [5.41, 5.74) is 1.38. The third-order valence-corrected chi connectivity index (χ3v) is 3.10. The number of H-pyrrole nitrogens is 1. The van der Waals surface area contributed by atoms with E-state index in [1.807, 2.05) is 12.1 Å². The molecule has 1 amide bonds. The van der Waals surface area contributed by atoms with Crippen LogP contribution in [0.5, 0.6) is 0 Å². The maximum Gasteiger partial charge on any atom is 0.256 e. The summed E-state index contributed by atoms with van der Waals surface area (Å²) >= 11 is 3.26. The third kappa shape index (κ3) is 2.48. The Labute approximate surface area is 117 Å². The van der Waals surface area contributed by atoms with Gasteiger partial charge in [-0.25, -0.2) is 4.98 Å². The number of aromatic amines is 1. The van der Waals surface area contributed by atoms with Crippen molar-refractivity contribution < 1.29 is 4.79 Å². The van der Waals surface area contributed by atoms with Crippen molar-refractivity contribution in [2.75, 3.05) is 5.32 Å². The van der Waals surface area contributed by atoms with Crippen LogP contribution in [0.2, 0.25) is 0 Å². The zero-order valence-corrected chi connectivity index (χ0v) is 11.3. The van der Waals surface area contributed by atoms with E-state index in [9.17, 15) is 4.79 Å². The number of rotatable bonds is 2. The highest BCUT2D eigenvalue weighted by atomic mass is 79.9. The minimum atomic E-state index is -0.206. The van der Waals surface area contributed by atoms with Crippen molar-refractivity contribution in [3.63, 3.8) is 0 Å². The summed E-state index contributed by atoms with van der Waals surface area (Å²) < 4.78 is 0.675. The maximum atomic E-state index is 12.1. The fourth-order valence-corrected chi connectivity index (χ4v) is 2.09. The zero-order chi connectivity index (χ0) is 13.2. The third-order valence-electron chi connectivity index (χ3n) is 2.66. The summed E-state index contributed by atoms with van der Waals surface area (Å²) in [6.07, 6.45) is 1.72. The zero-order valence-electron chi connectivity index (χ0n) is 9.72. The number of amides is 1. The number of carbonyl (C=O) groups excluding carboxylic acids is 1. The van der Waals surface area contributed by atoms with Crippen LogP contribution in [0.1, 0.15) is 10.4 Å². The van der Waals surface area contributed by atoms with Crippen molar-refractivity contribution in [2.24, 2.45) is 0 Å². The van der Waals surface area contributed by atoms with Gasteiger partial charge in [0.25, 0.3) is 5.91 Å². The molecule has 0 aliphatic heterocycles. The number of aromatic nitrogens is 3. The Balaban J connectivity index is 1.87. The molecular weight excluding hydrogens is 308 g/mol. The second kappa shape index (κ2) is 4.81. The van der Waals surface area contributed by atoms with E-state index in [4.69, 9.17) is 0 Å². The molecule has 0 fully saturated rings. The number of hydrogen-bond donors (Lipinski definition) is 2. The molecule has 3 rings (SSSR count). The fourth-order valence-electron chi connectivity index (χ4n) is 1.74. The van der Waals surface area contributed by atoms with Gasteiger partial charge in [0.15, 0.2) is 0 Å². The molecule has 0 saturated carbocycles. The van der Waals surface area contributed by atoms with Gasteiger partial charge < -0.3 is 5.32 Å². The Morgan fingerprint density at radius 2 is 2.16 bits per heavy atom. The highest BCUT2D eigenvalue weighted by Gasteiger charge is 2.08. The molecule has 0 radical (unpaired) electrons. The van der Waals surface area contributed by atoms with Gasteiger partial charge in [-0.1, -0.05) is 12.1 Å². The molecule has 0 atom stereocenters. The molecule has 94 valence electrons. The molecule has 2 N–H and O–H groups in total. The number of halogens is 1. The van der Waals surface area contributed by atoms with Crippen LogP contribution in [-0.4, -0.2) is 21.1 Å². The molecule has 0 unspecified atom stereocenters. The fraction of sp³-hybridized carbons (Fsp3) is 0. The van der Waals surface area contributed by atoms with E-state index in [1.165, 1.54) is 0 Å². The van der Waals surface area contributed by atoms with E-state index in [0.29, 0.717) is 16.0 Å². The van der Waals surface area contributed by atoms with Crippen LogP contribution in [0.3, 0.4) is 0 Å². The van der Waals surface area contributed by atoms with Crippen LogP contribution < -0.4 is 5.32 Å². The van der Waals surface area contributed by atoms with Crippen molar-refractivity contribution >= 4 is 38.6 Å². The van der Waals surface area contributed by atoms with Gasteiger partial charge in [-0.3, -0.25) is 9.89 Å². The monoisotopic (exact) mass is 316 g/mol. The van der Waals surface area contributed by atoms with Crippen LogP contribution in [-0.2, 0) is 0 Å². The molecule has 1 aromatic carbocycles.